The van der Waals surface area contributed by atoms with E-state index in [2.05, 4.69) is 20.9 Å². The van der Waals surface area contributed by atoms with Gasteiger partial charge in [-0.3, -0.25) is 38.5 Å². The first-order valence-corrected chi connectivity index (χ1v) is 29.4. The van der Waals surface area contributed by atoms with Crippen LogP contribution in [0.3, 0.4) is 0 Å². The molecular weight excluding hydrogens is 1040 g/mol. The van der Waals surface area contributed by atoms with Crippen LogP contribution < -0.4 is 20.9 Å². The molecule has 2 aliphatic carbocycles. The maximum Gasteiger partial charge on any atom is 0.391 e. The second-order valence-corrected chi connectivity index (χ2v) is 24.1. The summed E-state index contributed by atoms with van der Waals surface area (Å²) in [5.74, 6) is -1.82. The van der Waals surface area contributed by atoms with Crippen LogP contribution in [0.15, 0.2) is 42.6 Å². The second kappa shape index (κ2) is 24.3. The van der Waals surface area contributed by atoms with Gasteiger partial charge in [0, 0.05) is 84.0 Å². The van der Waals surface area contributed by atoms with Gasteiger partial charge in [0.1, 0.15) is 17.8 Å². The number of hydrogen-bond donors (Lipinski definition) is 6. The van der Waals surface area contributed by atoms with Gasteiger partial charge in [0.25, 0.3) is 0 Å². The Morgan fingerprint density at radius 3 is 2.31 bits per heavy atom. The molecule has 0 bridgehead atoms. The molecule has 2 fully saturated rings. The summed E-state index contributed by atoms with van der Waals surface area (Å²) in [5, 5.41) is 10.3. The monoisotopic (exact) mass is 1110 g/mol. The van der Waals surface area contributed by atoms with Gasteiger partial charge in [-0.25, -0.2) is 0 Å². The van der Waals surface area contributed by atoms with Gasteiger partial charge >= 0.3 is 8.60 Å². The van der Waals surface area contributed by atoms with Crippen molar-refractivity contribution < 1.29 is 47.9 Å². The highest BCUT2D eigenvalue weighted by atomic mass is 35.5. The number of benzene rings is 2. The molecule has 7 amide bonds. The van der Waals surface area contributed by atoms with Gasteiger partial charge in [0.15, 0.2) is 0 Å². The lowest BCUT2D eigenvalue weighted by atomic mass is 9.51. The fraction of sp³-hybridized carbons (Fsp3) is 0.574. The molecule has 3 aromatic rings. The zero-order chi connectivity index (χ0) is 54.7. The lowest BCUT2D eigenvalue weighted by molar-refractivity contribution is -0.163. The Bertz CT molecular complexity index is 2700. The minimum Gasteiger partial charge on any atom is -0.425 e. The number of carbonyl (C=O) groups is 7. The van der Waals surface area contributed by atoms with Gasteiger partial charge in [-0.2, -0.15) is 11.8 Å². The van der Waals surface area contributed by atoms with Crippen LogP contribution in [0.2, 0.25) is 0 Å². The van der Waals surface area contributed by atoms with E-state index in [9.17, 15) is 38.6 Å². The fourth-order valence-electron chi connectivity index (χ4n) is 12.0. The molecule has 2 aromatic carbocycles. The molecule has 75 heavy (non-hydrogen) atoms. The molecule has 0 spiro atoms. The first kappa shape index (κ1) is 58.0. The van der Waals surface area contributed by atoms with Crippen LogP contribution in [0.25, 0.3) is 16.5 Å². The van der Waals surface area contributed by atoms with E-state index in [1.807, 2.05) is 69.3 Å². The number of H-pyrrole nitrogens is 1. The zero-order valence-corrected chi connectivity index (χ0v) is 47.3. The molecule has 6 N–H and O–H groups in total. The maximum absolute atomic E-state index is 15.2. The first-order chi connectivity index (χ1) is 35.7. The number of aromatic amines is 1. The number of unbranched alkanes of at least 4 members (excludes halogenated alkanes) is 2. The molecule has 7 rings (SSSR count). The Kier molecular flexibility index (Phi) is 18.8. The summed E-state index contributed by atoms with van der Waals surface area (Å²) in [6, 6.07) is 6.96. The Morgan fingerprint density at radius 2 is 1.68 bits per heavy atom. The number of carbonyl (C=O) groups excluding carboxylic acids is 7. The summed E-state index contributed by atoms with van der Waals surface area (Å²) in [6.07, 6.45) is 9.16. The van der Waals surface area contributed by atoms with Crippen molar-refractivity contribution in [1.82, 2.24) is 25.4 Å². The van der Waals surface area contributed by atoms with E-state index in [1.54, 1.807) is 49.6 Å². The number of likely N-dealkylation sites (tertiary alicyclic amines) is 1. The van der Waals surface area contributed by atoms with Crippen LogP contribution >= 0.6 is 43.6 Å². The molecule has 4 aliphatic rings. The summed E-state index contributed by atoms with van der Waals surface area (Å²) < 4.78 is 5.50. The molecule has 21 heteroatoms. The van der Waals surface area contributed by atoms with Gasteiger partial charge in [-0.1, -0.05) is 65.3 Å². The predicted molar refractivity (Wildman–Crippen MR) is 295 cm³/mol. The van der Waals surface area contributed by atoms with Crippen molar-refractivity contribution in [2.24, 2.45) is 22.7 Å². The number of imide groups is 1. The number of nitrogens with zero attached hydrogens (tertiary/aromatic N) is 3. The highest BCUT2D eigenvalue weighted by Gasteiger charge is 2.63. The van der Waals surface area contributed by atoms with E-state index >= 15 is 4.79 Å². The Balaban J connectivity index is 1.02. The number of anilines is 2. The number of alkyl halides is 2. The normalized spacial score (nSPS) is 23.8. The van der Waals surface area contributed by atoms with Gasteiger partial charge < -0.3 is 45.0 Å². The lowest BCUT2D eigenvalue weighted by Crippen LogP contribution is -2.60. The number of aromatic nitrogens is 1. The number of nitrogens with one attached hydrogen (secondary N) is 4. The molecule has 7 unspecified atom stereocenters. The molecule has 3 heterocycles. The highest BCUT2D eigenvalue weighted by Crippen LogP contribution is 2.61. The van der Waals surface area contributed by atoms with E-state index < -0.39 is 49.4 Å². The Labute approximate surface area is 455 Å². The third-order valence-electron chi connectivity index (χ3n) is 15.9. The molecule has 2 aliphatic heterocycles. The molecule has 1 aromatic heterocycles. The largest absolute Gasteiger partial charge is 0.425 e. The summed E-state index contributed by atoms with van der Waals surface area (Å²) >= 11 is 14.8. The van der Waals surface area contributed by atoms with Crippen LogP contribution in [0.5, 0.6) is 0 Å². The number of halogens is 2. The van der Waals surface area contributed by atoms with Crippen molar-refractivity contribution in [3.63, 3.8) is 0 Å². The molecule has 1 saturated carbocycles. The molecule has 408 valence electrons. The zero-order valence-electron chi connectivity index (χ0n) is 44.0. The Hall–Kier alpha value is -4.71. The van der Waals surface area contributed by atoms with Crippen molar-refractivity contribution in [3.05, 3.63) is 65.0 Å². The summed E-state index contributed by atoms with van der Waals surface area (Å²) in [5.41, 5.74) is 2.67. The van der Waals surface area contributed by atoms with Gasteiger partial charge in [-0.05, 0) is 98.3 Å². The summed E-state index contributed by atoms with van der Waals surface area (Å²) in [6.45, 7) is 13.9. The number of amides is 7. The number of hydrogen-bond acceptors (Lipinski definition) is 11. The topological polar surface area (TPSA) is 231 Å². The molecule has 0 radical (unpaired) electrons. The van der Waals surface area contributed by atoms with Gasteiger partial charge in [0.2, 0.25) is 41.9 Å². The quantitative estimate of drug-likeness (QED) is 0.0230. The van der Waals surface area contributed by atoms with E-state index in [-0.39, 0.29) is 83.6 Å². The van der Waals surface area contributed by atoms with E-state index in [4.69, 9.17) is 27.7 Å². The second-order valence-electron chi connectivity index (χ2n) is 21.5. The van der Waals surface area contributed by atoms with Crippen molar-refractivity contribution in [2.45, 2.75) is 135 Å². The maximum atomic E-state index is 15.2. The minimum absolute atomic E-state index is 0.0832. The third-order valence-corrected chi connectivity index (χ3v) is 18.0. The highest BCUT2D eigenvalue weighted by molar-refractivity contribution is 7.99. The van der Waals surface area contributed by atoms with Crippen molar-refractivity contribution in [1.29, 1.82) is 0 Å². The number of aryl methyl sites for hydroxylation is 1. The molecule has 17 nitrogen and oxygen atoms in total. The molecule has 1 saturated heterocycles. The van der Waals surface area contributed by atoms with E-state index in [0.29, 0.717) is 81.0 Å². The van der Waals surface area contributed by atoms with Crippen molar-refractivity contribution in [2.75, 3.05) is 47.9 Å². The van der Waals surface area contributed by atoms with Gasteiger partial charge in [-0.15, -0.1) is 23.2 Å². The summed E-state index contributed by atoms with van der Waals surface area (Å²) in [4.78, 5) is 123. The lowest BCUT2D eigenvalue weighted by Gasteiger charge is -2.54. The first-order valence-electron chi connectivity index (χ1n) is 25.9. The average molecular weight is 1110 g/mol. The Morgan fingerprint density at radius 1 is 0.973 bits per heavy atom. The minimum atomic E-state index is -2.73. The van der Waals surface area contributed by atoms with Crippen LogP contribution in [0, 0.1) is 29.6 Å². The average Bonchev–Trinajstić information content (AvgIpc) is 4.08. The van der Waals surface area contributed by atoms with Crippen molar-refractivity contribution in [3.8, 4) is 0 Å². The molecule has 7 atom stereocenters. The van der Waals surface area contributed by atoms with Crippen molar-refractivity contribution >= 4 is 113 Å². The number of thioether (sulfide) groups is 1. The van der Waals surface area contributed by atoms with Crippen LogP contribution in [0.1, 0.15) is 127 Å². The van der Waals surface area contributed by atoms with E-state index in [1.165, 1.54) is 4.90 Å². The van der Waals surface area contributed by atoms with E-state index in [0.717, 1.165) is 27.5 Å². The van der Waals surface area contributed by atoms with Crippen LogP contribution in [-0.2, 0) is 38.1 Å². The van der Waals surface area contributed by atoms with Crippen LogP contribution in [0.4, 0.5) is 11.4 Å². The van der Waals surface area contributed by atoms with Crippen LogP contribution in [-0.4, -0.2) is 127 Å². The fourth-order valence-corrected chi connectivity index (χ4v) is 13.1. The summed E-state index contributed by atoms with van der Waals surface area (Å²) in [7, 11) is -2.73. The smallest absolute Gasteiger partial charge is 0.391 e. The number of rotatable bonds is 23. The molecular formula is C54H72Cl2N7O10PS. The third kappa shape index (κ3) is 11.9. The standard InChI is InChI=1S/C54H72Cl2N7O10PS/c1-9-54(27-53(7,28-54)51(69)62-26-35(23-56)46-40(62)21-41(73-74(71)72)48-44(46)31(4)24-57-48)52(70)63-25-34(22-55)45-37-16-13-12-15-36(37)38(20-39(45)63)59-49(67)33(6)58-50(68)47(30(2)3)60-42(65)17-11-10-14-18-61(29-64)43(66)19-32(5)75-8/h12-13,15-16,20-21,24,29-30,32-35,40,46-47,57,71-72H,9-11,14,17-19,22-23,25-28H2,1-8H3,(H,58,68)(H,59,67)(H,60,65). The number of fused-ring (bicyclic) bond motifs is 6. The van der Waals surface area contributed by atoms with Gasteiger partial charge in [0.05, 0.1) is 22.8 Å². The SMILES string of the molecule is CCC1(C(=O)N2CC(CCl)c3c2cc(NC(=O)C(C)NC(=O)C(NC(=O)CCCCCN(C=O)C(=O)CC(C)SC)C(C)C)c2ccccc32)CC(C)(C(=O)N2CC(CCl)C3c4c(C)c[nH]c4C(OP(O)O)=CC32)C1. The predicted octanol–water partition coefficient (Wildman–Crippen LogP) is 8.05.